The topological polar surface area (TPSA) is 67.2 Å². The van der Waals surface area contributed by atoms with Crippen molar-refractivity contribution in [3.63, 3.8) is 0 Å². The number of sulfonamides is 1. The van der Waals surface area contributed by atoms with Gasteiger partial charge in [0.2, 0.25) is 0 Å². The zero-order chi connectivity index (χ0) is 15.6. The molecule has 0 bridgehead atoms. The Morgan fingerprint density at radius 1 is 1.43 bits per heavy atom. The molecule has 1 aliphatic heterocycles. The zero-order valence-electron chi connectivity index (χ0n) is 13.3. The smallest absolute Gasteiger partial charge is 0.262 e. The number of hydrogen-bond acceptors (Lipinski definition) is 4. The van der Waals surface area contributed by atoms with E-state index in [0.717, 1.165) is 25.3 Å². The second-order valence-electron chi connectivity index (χ2n) is 5.71. The first-order valence-electron chi connectivity index (χ1n) is 7.67. The zero-order valence-corrected chi connectivity index (χ0v) is 14.2. The van der Waals surface area contributed by atoms with Crippen LogP contribution in [0.4, 0.5) is 0 Å². The minimum absolute atomic E-state index is 0.177. The SMILES string of the molecule is CCNC1CCN(S(=O)(=O)c2cn(CC)c(C)n2)CC1C. The molecule has 1 saturated heterocycles. The fourth-order valence-electron chi connectivity index (χ4n) is 2.95. The van der Waals surface area contributed by atoms with E-state index in [2.05, 4.69) is 24.1 Å². The molecule has 2 unspecified atom stereocenters. The summed E-state index contributed by atoms with van der Waals surface area (Å²) in [6.07, 6.45) is 2.49. The van der Waals surface area contributed by atoms with Gasteiger partial charge in [0, 0.05) is 31.9 Å². The van der Waals surface area contributed by atoms with Gasteiger partial charge in [-0.2, -0.15) is 4.31 Å². The Labute approximate surface area is 127 Å². The Morgan fingerprint density at radius 3 is 2.67 bits per heavy atom. The first kappa shape index (κ1) is 16.5. The van der Waals surface area contributed by atoms with E-state index in [9.17, 15) is 8.42 Å². The lowest BCUT2D eigenvalue weighted by atomic mass is 9.95. The van der Waals surface area contributed by atoms with Crippen molar-refractivity contribution in [2.75, 3.05) is 19.6 Å². The Hall–Kier alpha value is -0.920. The van der Waals surface area contributed by atoms with Gasteiger partial charge in [0.05, 0.1) is 0 Å². The van der Waals surface area contributed by atoms with Crippen LogP contribution in [-0.4, -0.2) is 48.0 Å². The molecular weight excluding hydrogens is 288 g/mol. The van der Waals surface area contributed by atoms with Gasteiger partial charge in [0.1, 0.15) is 5.82 Å². The molecule has 0 radical (unpaired) electrons. The van der Waals surface area contributed by atoms with Gasteiger partial charge in [-0.05, 0) is 32.7 Å². The Bertz CT molecular complexity index is 582. The van der Waals surface area contributed by atoms with E-state index in [0.29, 0.717) is 25.0 Å². The molecule has 2 atom stereocenters. The van der Waals surface area contributed by atoms with E-state index in [1.165, 1.54) is 0 Å². The van der Waals surface area contributed by atoms with Gasteiger partial charge < -0.3 is 9.88 Å². The number of rotatable bonds is 5. The van der Waals surface area contributed by atoms with Crippen molar-refractivity contribution in [1.29, 1.82) is 0 Å². The summed E-state index contributed by atoms with van der Waals surface area (Å²) < 4.78 is 28.9. The molecule has 0 spiro atoms. The van der Waals surface area contributed by atoms with E-state index in [-0.39, 0.29) is 5.03 Å². The van der Waals surface area contributed by atoms with Crippen LogP contribution in [0.2, 0.25) is 0 Å². The molecule has 0 saturated carbocycles. The van der Waals surface area contributed by atoms with E-state index in [4.69, 9.17) is 0 Å². The van der Waals surface area contributed by atoms with Crippen molar-refractivity contribution in [3.8, 4) is 0 Å². The quantitative estimate of drug-likeness (QED) is 0.887. The van der Waals surface area contributed by atoms with Crippen LogP contribution in [0.1, 0.15) is 33.0 Å². The average Bonchev–Trinajstić information content (AvgIpc) is 2.83. The molecule has 1 aromatic rings. The molecule has 120 valence electrons. The predicted molar refractivity (Wildman–Crippen MR) is 82.6 cm³/mol. The molecule has 0 aromatic carbocycles. The molecule has 2 heterocycles. The number of aromatic nitrogens is 2. The summed E-state index contributed by atoms with van der Waals surface area (Å²) in [5, 5.41) is 3.60. The fourth-order valence-corrected chi connectivity index (χ4v) is 4.50. The Morgan fingerprint density at radius 2 is 2.14 bits per heavy atom. The maximum absolute atomic E-state index is 12.7. The number of aryl methyl sites for hydroxylation is 2. The van der Waals surface area contributed by atoms with Crippen molar-refractivity contribution >= 4 is 10.0 Å². The van der Waals surface area contributed by atoms with Crippen LogP contribution in [0.15, 0.2) is 11.2 Å². The van der Waals surface area contributed by atoms with Gasteiger partial charge >= 0.3 is 0 Å². The van der Waals surface area contributed by atoms with Crippen molar-refractivity contribution < 1.29 is 8.42 Å². The summed E-state index contributed by atoms with van der Waals surface area (Å²) in [5.41, 5.74) is 0. The lowest BCUT2D eigenvalue weighted by Crippen LogP contribution is -2.50. The minimum Gasteiger partial charge on any atom is -0.334 e. The van der Waals surface area contributed by atoms with E-state index >= 15 is 0 Å². The largest absolute Gasteiger partial charge is 0.334 e. The van der Waals surface area contributed by atoms with Crippen molar-refractivity contribution in [1.82, 2.24) is 19.2 Å². The molecule has 0 aliphatic carbocycles. The normalized spacial score (nSPS) is 24.4. The van der Waals surface area contributed by atoms with Gasteiger partial charge in [0.25, 0.3) is 10.0 Å². The summed E-state index contributed by atoms with van der Waals surface area (Å²) in [4.78, 5) is 4.23. The van der Waals surface area contributed by atoms with Gasteiger partial charge in [-0.15, -0.1) is 0 Å². The Kier molecular flexibility index (Phi) is 5.06. The number of imidazole rings is 1. The molecule has 1 aromatic heterocycles. The Balaban J connectivity index is 2.17. The molecule has 2 rings (SSSR count). The number of nitrogens with one attached hydrogen (secondary N) is 1. The monoisotopic (exact) mass is 314 g/mol. The molecule has 1 N–H and O–H groups in total. The van der Waals surface area contributed by atoms with Crippen LogP contribution < -0.4 is 5.32 Å². The summed E-state index contributed by atoms with van der Waals surface area (Å²) in [6.45, 7) is 10.8. The molecule has 1 aliphatic rings. The maximum Gasteiger partial charge on any atom is 0.262 e. The molecule has 0 amide bonds. The van der Waals surface area contributed by atoms with Gasteiger partial charge in [-0.3, -0.25) is 0 Å². The third kappa shape index (κ3) is 3.30. The lowest BCUT2D eigenvalue weighted by Gasteiger charge is -2.36. The maximum atomic E-state index is 12.7. The third-order valence-corrected chi connectivity index (χ3v) is 5.97. The molecule has 6 nitrogen and oxygen atoms in total. The summed E-state index contributed by atoms with van der Waals surface area (Å²) in [7, 11) is -3.47. The van der Waals surface area contributed by atoms with Crippen LogP contribution >= 0.6 is 0 Å². The molecule has 21 heavy (non-hydrogen) atoms. The van der Waals surface area contributed by atoms with E-state index < -0.39 is 10.0 Å². The van der Waals surface area contributed by atoms with Crippen LogP contribution in [0.5, 0.6) is 0 Å². The van der Waals surface area contributed by atoms with Crippen LogP contribution in [0.25, 0.3) is 0 Å². The van der Waals surface area contributed by atoms with Crippen LogP contribution in [0.3, 0.4) is 0 Å². The fraction of sp³-hybridized carbons (Fsp3) is 0.786. The number of nitrogens with zero attached hydrogens (tertiary/aromatic N) is 3. The highest BCUT2D eigenvalue weighted by atomic mass is 32.2. The second kappa shape index (κ2) is 6.46. The van der Waals surface area contributed by atoms with Gasteiger partial charge in [-0.1, -0.05) is 13.8 Å². The highest BCUT2D eigenvalue weighted by Crippen LogP contribution is 2.23. The summed E-state index contributed by atoms with van der Waals surface area (Å²) in [5.74, 6) is 1.05. The van der Waals surface area contributed by atoms with E-state index in [1.807, 2.05) is 18.4 Å². The lowest BCUT2D eigenvalue weighted by molar-refractivity contribution is 0.222. The third-order valence-electron chi connectivity index (χ3n) is 4.23. The first-order chi connectivity index (χ1) is 9.90. The van der Waals surface area contributed by atoms with Crippen molar-refractivity contribution in [2.24, 2.45) is 5.92 Å². The standard InChI is InChI=1S/C14H26N4O2S/c1-5-15-13-7-8-18(9-11(13)3)21(19,20)14-10-17(6-2)12(4)16-14/h10-11,13,15H,5-9H2,1-4H3. The highest BCUT2D eigenvalue weighted by Gasteiger charge is 2.34. The van der Waals surface area contributed by atoms with Crippen molar-refractivity contribution in [3.05, 3.63) is 12.0 Å². The number of piperidine rings is 1. The van der Waals surface area contributed by atoms with Crippen LogP contribution in [-0.2, 0) is 16.6 Å². The van der Waals surface area contributed by atoms with Crippen LogP contribution in [0, 0.1) is 12.8 Å². The van der Waals surface area contributed by atoms with Crippen molar-refractivity contribution in [2.45, 2.75) is 51.7 Å². The second-order valence-corrected chi connectivity index (χ2v) is 7.59. The van der Waals surface area contributed by atoms with Gasteiger partial charge in [0.15, 0.2) is 5.03 Å². The summed E-state index contributed by atoms with van der Waals surface area (Å²) in [6, 6.07) is 0.399. The molecular formula is C14H26N4O2S. The molecule has 1 fully saturated rings. The molecule has 7 heteroatoms. The number of hydrogen-bond donors (Lipinski definition) is 1. The first-order valence-corrected chi connectivity index (χ1v) is 9.11. The summed E-state index contributed by atoms with van der Waals surface area (Å²) >= 11 is 0. The van der Waals surface area contributed by atoms with E-state index in [1.54, 1.807) is 10.5 Å². The minimum atomic E-state index is -3.47. The average molecular weight is 314 g/mol. The predicted octanol–water partition coefficient (Wildman–Crippen LogP) is 1.22. The highest BCUT2D eigenvalue weighted by molar-refractivity contribution is 7.89. The van der Waals surface area contributed by atoms with Gasteiger partial charge in [-0.25, -0.2) is 13.4 Å².